The van der Waals surface area contributed by atoms with Gasteiger partial charge in [-0.05, 0) is 17.7 Å². The van der Waals surface area contributed by atoms with Gasteiger partial charge in [-0.1, -0.05) is 0 Å². The van der Waals surface area contributed by atoms with Crippen LogP contribution in [0.15, 0.2) is 18.3 Å². The molecule has 5 N–H and O–H groups in total. The van der Waals surface area contributed by atoms with E-state index in [-0.39, 0.29) is 13.1 Å². The topological polar surface area (TPSA) is 114 Å². The van der Waals surface area contributed by atoms with Crippen molar-refractivity contribution in [3.8, 4) is 0 Å². The Bertz CT molecular complexity index is 419. The van der Waals surface area contributed by atoms with Gasteiger partial charge >= 0.3 is 0 Å². The SMILES string of the molecule is CNc1cc(CN(CC(N)=O)CC(N)=O)ccn1. The van der Waals surface area contributed by atoms with Crippen LogP contribution in [0.25, 0.3) is 0 Å². The summed E-state index contributed by atoms with van der Waals surface area (Å²) in [5.41, 5.74) is 11.2. The number of amides is 2. The molecule has 0 unspecified atom stereocenters. The maximum absolute atomic E-state index is 10.9. The smallest absolute Gasteiger partial charge is 0.231 e. The summed E-state index contributed by atoms with van der Waals surface area (Å²) >= 11 is 0. The zero-order chi connectivity index (χ0) is 13.5. The molecule has 1 aromatic rings. The summed E-state index contributed by atoms with van der Waals surface area (Å²) < 4.78 is 0. The van der Waals surface area contributed by atoms with Crippen molar-refractivity contribution in [1.82, 2.24) is 9.88 Å². The fourth-order valence-electron chi connectivity index (χ4n) is 1.58. The number of pyridine rings is 1. The molecule has 7 nitrogen and oxygen atoms in total. The van der Waals surface area contributed by atoms with Gasteiger partial charge in [0.05, 0.1) is 13.1 Å². The first-order valence-electron chi connectivity index (χ1n) is 5.43. The maximum Gasteiger partial charge on any atom is 0.231 e. The summed E-state index contributed by atoms with van der Waals surface area (Å²) in [6.45, 7) is 0.378. The summed E-state index contributed by atoms with van der Waals surface area (Å²) in [4.78, 5) is 27.5. The molecule has 0 saturated heterocycles. The van der Waals surface area contributed by atoms with Gasteiger partial charge in [-0.2, -0.15) is 0 Å². The molecule has 18 heavy (non-hydrogen) atoms. The van der Waals surface area contributed by atoms with Crippen molar-refractivity contribution in [2.24, 2.45) is 11.5 Å². The first-order valence-corrected chi connectivity index (χ1v) is 5.43. The molecule has 0 aliphatic heterocycles. The van der Waals surface area contributed by atoms with E-state index in [1.54, 1.807) is 24.2 Å². The fraction of sp³-hybridized carbons (Fsp3) is 0.364. The average Bonchev–Trinajstić information content (AvgIpc) is 2.27. The van der Waals surface area contributed by atoms with E-state index in [2.05, 4.69) is 10.3 Å². The van der Waals surface area contributed by atoms with Gasteiger partial charge in [0.2, 0.25) is 11.8 Å². The molecule has 0 aliphatic rings. The quantitative estimate of drug-likeness (QED) is 0.569. The third-order valence-electron chi connectivity index (χ3n) is 2.25. The van der Waals surface area contributed by atoms with Crippen LogP contribution in [0.2, 0.25) is 0 Å². The third kappa shape index (κ3) is 4.79. The fourth-order valence-corrected chi connectivity index (χ4v) is 1.58. The predicted octanol–water partition coefficient (Wildman–Crippen LogP) is -1.10. The van der Waals surface area contributed by atoms with Gasteiger partial charge in [-0.25, -0.2) is 4.98 Å². The summed E-state index contributed by atoms with van der Waals surface area (Å²) in [7, 11) is 1.76. The number of aromatic nitrogens is 1. The number of hydrogen-bond acceptors (Lipinski definition) is 5. The van der Waals surface area contributed by atoms with Crippen LogP contribution in [-0.4, -0.2) is 41.8 Å². The summed E-state index contributed by atoms with van der Waals surface area (Å²) in [5, 5.41) is 2.91. The van der Waals surface area contributed by atoms with Crippen LogP contribution in [0.4, 0.5) is 5.82 Å². The van der Waals surface area contributed by atoms with Crippen molar-refractivity contribution < 1.29 is 9.59 Å². The van der Waals surface area contributed by atoms with E-state index in [1.165, 1.54) is 0 Å². The lowest BCUT2D eigenvalue weighted by Crippen LogP contribution is -2.39. The zero-order valence-electron chi connectivity index (χ0n) is 10.2. The van der Waals surface area contributed by atoms with Crippen molar-refractivity contribution in [3.05, 3.63) is 23.9 Å². The van der Waals surface area contributed by atoms with E-state index in [0.29, 0.717) is 12.4 Å². The van der Waals surface area contributed by atoms with Crippen molar-refractivity contribution in [2.45, 2.75) is 6.54 Å². The van der Waals surface area contributed by atoms with Crippen LogP contribution in [-0.2, 0) is 16.1 Å². The lowest BCUT2D eigenvalue weighted by atomic mass is 10.2. The molecule has 0 aliphatic carbocycles. The van der Waals surface area contributed by atoms with Gasteiger partial charge in [0, 0.05) is 19.8 Å². The summed E-state index contributed by atoms with van der Waals surface area (Å²) in [5.74, 6) is -0.288. The normalized spacial score (nSPS) is 10.3. The number of carbonyl (C=O) groups is 2. The predicted molar refractivity (Wildman–Crippen MR) is 67.4 cm³/mol. The molecule has 1 heterocycles. The first-order chi connectivity index (χ1) is 8.51. The van der Waals surface area contributed by atoms with Gasteiger partial charge in [-0.3, -0.25) is 14.5 Å². The number of rotatable bonds is 7. The monoisotopic (exact) mass is 251 g/mol. The highest BCUT2D eigenvalue weighted by atomic mass is 16.2. The Labute approximate surface area is 105 Å². The minimum Gasteiger partial charge on any atom is -0.373 e. The Morgan fingerprint density at radius 1 is 1.33 bits per heavy atom. The Balaban J connectivity index is 2.74. The van der Waals surface area contributed by atoms with Crippen molar-refractivity contribution in [1.29, 1.82) is 0 Å². The second-order valence-corrected chi connectivity index (χ2v) is 3.88. The minimum atomic E-state index is -0.501. The van der Waals surface area contributed by atoms with Crippen LogP contribution in [0, 0.1) is 0 Å². The van der Waals surface area contributed by atoms with Gasteiger partial charge in [0.15, 0.2) is 0 Å². The van der Waals surface area contributed by atoms with Gasteiger partial charge in [0.25, 0.3) is 0 Å². The molecule has 0 bridgehead atoms. The van der Waals surface area contributed by atoms with Crippen molar-refractivity contribution >= 4 is 17.6 Å². The van der Waals surface area contributed by atoms with E-state index >= 15 is 0 Å². The summed E-state index contributed by atoms with van der Waals surface area (Å²) in [6, 6.07) is 3.63. The molecular formula is C11H17N5O2. The second-order valence-electron chi connectivity index (χ2n) is 3.88. The van der Waals surface area contributed by atoms with E-state index in [1.807, 2.05) is 6.07 Å². The Kier molecular flexibility index (Phi) is 5.06. The zero-order valence-corrected chi connectivity index (χ0v) is 10.2. The number of anilines is 1. The van der Waals surface area contributed by atoms with Gasteiger partial charge < -0.3 is 16.8 Å². The standard InChI is InChI=1S/C11H17N5O2/c1-14-11-4-8(2-3-15-11)5-16(6-9(12)17)7-10(13)18/h2-4H,5-7H2,1H3,(H2,12,17)(H2,13,18)(H,14,15). The molecule has 2 amide bonds. The number of hydrogen-bond donors (Lipinski definition) is 3. The van der Waals surface area contributed by atoms with Crippen LogP contribution in [0.3, 0.4) is 0 Å². The number of primary amides is 2. The largest absolute Gasteiger partial charge is 0.373 e. The highest BCUT2D eigenvalue weighted by molar-refractivity contribution is 5.79. The minimum absolute atomic E-state index is 0.0137. The number of nitrogens with one attached hydrogen (secondary N) is 1. The first kappa shape index (κ1) is 13.9. The molecule has 0 radical (unpaired) electrons. The Morgan fingerprint density at radius 3 is 2.44 bits per heavy atom. The molecule has 0 atom stereocenters. The number of nitrogens with zero attached hydrogens (tertiary/aromatic N) is 2. The number of nitrogens with two attached hydrogens (primary N) is 2. The van der Waals surface area contributed by atoms with E-state index in [4.69, 9.17) is 11.5 Å². The molecule has 0 saturated carbocycles. The third-order valence-corrected chi connectivity index (χ3v) is 2.25. The maximum atomic E-state index is 10.9. The molecule has 1 rings (SSSR count). The molecule has 0 fully saturated rings. The van der Waals surface area contributed by atoms with Gasteiger partial charge in [0.1, 0.15) is 5.82 Å². The number of carbonyl (C=O) groups excluding carboxylic acids is 2. The Hall–Kier alpha value is -2.15. The lowest BCUT2D eigenvalue weighted by Gasteiger charge is -2.19. The molecule has 1 aromatic heterocycles. The molecule has 7 heteroatoms. The average molecular weight is 251 g/mol. The van der Waals surface area contributed by atoms with Crippen LogP contribution in [0.1, 0.15) is 5.56 Å². The Morgan fingerprint density at radius 2 is 1.94 bits per heavy atom. The second kappa shape index (κ2) is 6.55. The van der Waals surface area contributed by atoms with Crippen molar-refractivity contribution in [2.75, 3.05) is 25.5 Å². The van der Waals surface area contributed by atoms with Gasteiger partial charge in [-0.15, -0.1) is 0 Å². The van der Waals surface area contributed by atoms with Crippen molar-refractivity contribution in [3.63, 3.8) is 0 Å². The van der Waals surface area contributed by atoms with E-state index in [0.717, 1.165) is 5.56 Å². The van der Waals surface area contributed by atoms with Crippen LogP contribution in [0.5, 0.6) is 0 Å². The summed E-state index contributed by atoms with van der Waals surface area (Å²) in [6.07, 6.45) is 1.65. The molecule has 98 valence electrons. The van der Waals surface area contributed by atoms with E-state index < -0.39 is 11.8 Å². The van der Waals surface area contributed by atoms with E-state index in [9.17, 15) is 9.59 Å². The van der Waals surface area contributed by atoms with Crippen LogP contribution >= 0.6 is 0 Å². The highest BCUT2D eigenvalue weighted by Crippen LogP contribution is 2.08. The highest BCUT2D eigenvalue weighted by Gasteiger charge is 2.12. The molecular weight excluding hydrogens is 234 g/mol. The molecule has 0 aromatic carbocycles. The van der Waals surface area contributed by atoms with Crippen LogP contribution < -0.4 is 16.8 Å². The molecule has 0 spiro atoms. The lowest BCUT2D eigenvalue weighted by molar-refractivity contribution is -0.122.